The number of hydrogen-bond donors (Lipinski definition) is 1. The maximum absolute atomic E-state index is 12.4. The molecule has 0 bridgehead atoms. The quantitative estimate of drug-likeness (QED) is 0.791. The molecular formula is C13H16N4O2. The third kappa shape index (κ3) is 2.30. The Morgan fingerprint density at radius 2 is 2.16 bits per heavy atom. The summed E-state index contributed by atoms with van der Waals surface area (Å²) in [5, 5.41) is 2.99. The van der Waals surface area contributed by atoms with E-state index >= 15 is 0 Å². The lowest BCUT2D eigenvalue weighted by molar-refractivity contribution is -0.127. The number of piperazine rings is 1. The standard InChI is InChI=1S/C13H16N4O2/c18-12-8-17(11-4-2-1-3-9(11)16-12)13(19)10-7-14-5-6-15-10/h5-7,9,11H,1-4,8H2,(H,16,18)/t9-,11-/m1/s1. The third-order valence-electron chi connectivity index (χ3n) is 3.83. The van der Waals surface area contributed by atoms with Gasteiger partial charge in [0.05, 0.1) is 12.2 Å². The molecule has 6 heteroatoms. The van der Waals surface area contributed by atoms with Crippen molar-refractivity contribution in [2.45, 2.75) is 37.8 Å². The van der Waals surface area contributed by atoms with E-state index in [1.165, 1.54) is 18.6 Å². The van der Waals surface area contributed by atoms with Crippen molar-refractivity contribution in [1.82, 2.24) is 20.2 Å². The van der Waals surface area contributed by atoms with Gasteiger partial charge in [-0.3, -0.25) is 14.6 Å². The van der Waals surface area contributed by atoms with E-state index < -0.39 is 0 Å². The van der Waals surface area contributed by atoms with Crippen LogP contribution in [0.4, 0.5) is 0 Å². The first kappa shape index (κ1) is 12.1. The van der Waals surface area contributed by atoms with Gasteiger partial charge in [-0.25, -0.2) is 4.98 Å². The molecule has 3 rings (SSSR count). The zero-order valence-electron chi connectivity index (χ0n) is 10.6. The highest BCUT2D eigenvalue weighted by Gasteiger charge is 2.39. The molecule has 1 saturated carbocycles. The van der Waals surface area contributed by atoms with Gasteiger partial charge in [0.15, 0.2) is 0 Å². The molecule has 1 saturated heterocycles. The minimum atomic E-state index is -0.195. The van der Waals surface area contributed by atoms with Crippen LogP contribution in [0, 0.1) is 0 Å². The van der Waals surface area contributed by atoms with Crippen molar-refractivity contribution < 1.29 is 9.59 Å². The Morgan fingerprint density at radius 1 is 1.32 bits per heavy atom. The van der Waals surface area contributed by atoms with Gasteiger partial charge >= 0.3 is 0 Å². The molecule has 2 fully saturated rings. The Balaban J connectivity index is 1.85. The summed E-state index contributed by atoms with van der Waals surface area (Å²) in [6.45, 7) is 0.122. The van der Waals surface area contributed by atoms with Crippen molar-refractivity contribution in [2.75, 3.05) is 6.54 Å². The van der Waals surface area contributed by atoms with Gasteiger partial charge in [0.2, 0.25) is 5.91 Å². The first-order valence-electron chi connectivity index (χ1n) is 6.62. The molecule has 1 aliphatic heterocycles. The van der Waals surface area contributed by atoms with Gasteiger partial charge in [-0.05, 0) is 12.8 Å². The first-order chi connectivity index (χ1) is 9.25. The molecule has 1 aromatic heterocycles. The van der Waals surface area contributed by atoms with Gasteiger partial charge in [-0.15, -0.1) is 0 Å². The summed E-state index contributed by atoms with van der Waals surface area (Å²) in [7, 11) is 0. The number of carbonyl (C=O) groups is 2. The molecule has 6 nitrogen and oxygen atoms in total. The van der Waals surface area contributed by atoms with E-state index in [4.69, 9.17) is 0 Å². The Kier molecular flexibility index (Phi) is 3.15. The molecule has 0 aromatic carbocycles. The van der Waals surface area contributed by atoms with Crippen molar-refractivity contribution >= 4 is 11.8 Å². The molecule has 2 amide bonds. The third-order valence-corrected chi connectivity index (χ3v) is 3.83. The summed E-state index contributed by atoms with van der Waals surface area (Å²) in [5.74, 6) is -0.278. The number of hydrogen-bond acceptors (Lipinski definition) is 4. The maximum Gasteiger partial charge on any atom is 0.274 e. The maximum atomic E-state index is 12.4. The van der Waals surface area contributed by atoms with Crippen molar-refractivity contribution in [1.29, 1.82) is 0 Å². The molecule has 100 valence electrons. The molecule has 0 spiro atoms. The number of amides is 2. The molecule has 1 aliphatic carbocycles. The van der Waals surface area contributed by atoms with Gasteiger partial charge < -0.3 is 10.2 Å². The van der Waals surface area contributed by atoms with Crippen LogP contribution in [0.15, 0.2) is 18.6 Å². The number of rotatable bonds is 1. The van der Waals surface area contributed by atoms with Crippen molar-refractivity contribution in [3.05, 3.63) is 24.3 Å². The van der Waals surface area contributed by atoms with Crippen LogP contribution in [0.1, 0.15) is 36.2 Å². The van der Waals surface area contributed by atoms with E-state index in [-0.39, 0.29) is 30.4 Å². The molecule has 0 unspecified atom stereocenters. The van der Waals surface area contributed by atoms with Gasteiger partial charge in [0, 0.05) is 18.4 Å². The van der Waals surface area contributed by atoms with Gasteiger partial charge in [0.1, 0.15) is 12.2 Å². The van der Waals surface area contributed by atoms with E-state index in [9.17, 15) is 9.59 Å². The highest BCUT2D eigenvalue weighted by Crippen LogP contribution is 2.26. The minimum Gasteiger partial charge on any atom is -0.350 e. The molecule has 0 radical (unpaired) electrons. The van der Waals surface area contributed by atoms with Crippen molar-refractivity contribution in [3.63, 3.8) is 0 Å². The topological polar surface area (TPSA) is 75.2 Å². The Labute approximate surface area is 111 Å². The fourth-order valence-electron chi connectivity index (χ4n) is 2.96. The van der Waals surface area contributed by atoms with Crippen molar-refractivity contribution in [2.24, 2.45) is 0 Å². The van der Waals surface area contributed by atoms with Crippen LogP contribution in [-0.2, 0) is 4.79 Å². The monoisotopic (exact) mass is 260 g/mol. The van der Waals surface area contributed by atoms with Crippen LogP contribution in [-0.4, -0.2) is 45.3 Å². The molecule has 1 aromatic rings. The van der Waals surface area contributed by atoms with Crippen LogP contribution in [0.5, 0.6) is 0 Å². The fraction of sp³-hybridized carbons (Fsp3) is 0.538. The van der Waals surface area contributed by atoms with E-state index in [0.29, 0.717) is 5.69 Å². The second-order valence-corrected chi connectivity index (χ2v) is 5.05. The average molecular weight is 260 g/mol. The first-order valence-corrected chi connectivity index (χ1v) is 6.62. The van der Waals surface area contributed by atoms with Crippen LogP contribution in [0.25, 0.3) is 0 Å². The van der Waals surface area contributed by atoms with E-state index in [1.54, 1.807) is 4.90 Å². The predicted octanol–water partition coefficient (Wildman–Crippen LogP) is 0.360. The van der Waals surface area contributed by atoms with Gasteiger partial charge in [-0.2, -0.15) is 0 Å². The smallest absolute Gasteiger partial charge is 0.274 e. The zero-order valence-corrected chi connectivity index (χ0v) is 10.6. The van der Waals surface area contributed by atoms with Gasteiger partial charge in [-0.1, -0.05) is 12.8 Å². The Bertz CT molecular complexity index is 491. The second-order valence-electron chi connectivity index (χ2n) is 5.05. The number of nitrogens with zero attached hydrogens (tertiary/aromatic N) is 3. The normalized spacial score (nSPS) is 26.5. The van der Waals surface area contributed by atoms with E-state index in [0.717, 1.165) is 25.7 Å². The SMILES string of the molecule is O=C1CN(C(=O)c2cnccn2)[C@@H]2CCCC[C@H]2N1. The lowest BCUT2D eigenvalue weighted by Gasteiger charge is -2.43. The Morgan fingerprint density at radius 3 is 2.95 bits per heavy atom. The summed E-state index contributed by atoms with van der Waals surface area (Å²) in [6, 6.07) is 0.191. The summed E-state index contributed by atoms with van der Waals surface area (Å²) < 4.78 is 0. The largest absolute Gasteiger partial charge is 0.350 e. The number of nitrogens with one attached hydrogen (secondary N) is 1. The van der Waals surface area contributed by atoms with Crippen LogP contribution < -0.4 is 5.32 Å². The van der Waals surface area contributed by atoms with E-state index in [2.05, 4.69) is 15.3 Å². The van der Waals surface area contributed by atoms with Crippen LogP contribution in [0.3, 0.4) is 0 Å². The Hall–Kier alpha value is -1.98. The summed E-state index contributed by atoms with van der Waals surface area (Å²) in [6.07, 6.45) is 8.57. The average Bonchev–Trinajstić information content (AvgIpc) is 2.46. The van der Waals surface area contributed by atoms with Gasteiger partial charge in [0.25, 0.3) is 5.91 Å². The molecule has 2 atom stereocenters. The number of carbonyl (C=O) groups excluding carboxylic acids is 2. The predicted molar refractivity (Wildman–Crippen MR) is 67.3 cm³/mol. The molecular weight excluding hydrogens is 244 g/mol. The highest BCUT2D eigenvalue weighted by atomic mass is 16.2. The zero-order chi connectivity index (χ0) is 13.2. The van der Waals surface area contributed by atoms with E-state index in [1.807, 2.05) is 0 Å². The molecule has 19 heavy (non-hydrogen) atoms. The van der Waals surface area contributed by atoms with Crippen molar-refractivity contribution in [3.8, 4) is 0 Å². The van der Waals surface area contributed by atoms with Crippen LogP contribution >= 0.6 is 0 Å². The second kappa shape index (κ2) is 4.95. The molecule has 1 N–H and O–H groups in total. The minimum absolute atomic E-state index is 0.0830. The lowest BCUT2D eigenvalue weighted by Crippen LogP contribution is -2.63. The lowest BCUT2D eigenvalue weighted by atomic mass is 9.87. The summed E-state index contributed by atoms with van der Waals surface area (Å²) >= 11 is 0. The highest BCUT2D eigenvalue weighted by molar-refractivity contribution is 5.95. The summed E-state index contributed by atoms with van der Waals surface area (Å²) in [5.41, 5.74) is 0.307. The molecule has 2 heterocycles. The number of fused-ring (bicyclic) bond motifs is 1. The fourth-order valence-corrected chi connectivity index (χ4v) is 2.96. The number of aromatic nitrogens is 2. The summed E-state index contributed by atoms with van der Waals surface area (Å²) in [4.78, 5) is 33.8. The molecule has 2 aliphatic rings. The van der Waals surface area contributed by atoms with Crippen LogP contribution in [0.2, 0.25) is 0 Å².